The van der Waals surface area contributed by atoms with E-state index in [9.17, 15) is 5.26 Å². The van der Waals surface area contributed by atoms with Crippen LogP contribution in [0.25, 0.3) is 0 Å². The molecule has 19 heavy (non-hydrogen) atoms. The SMILES string of the molecule is COc1ccc(C2(C#N)CCC(C#N)=C(N)C2)cc1. The Bertz CT molecular complexity index is 589. The highest BCUT2D eigenvalue weighted by Gasteiger charge is 2.36. The smallest absolute Gasteiger partial charge is 0.118 e. The van der Waals surface area contributed by atoms with Crippen LogP contribution in [0.5, 0.6) is 5.75 Å². The fourth-order valence-electron chi connectivity index (χ4n) is 2.46. The molecule has 0 bridgehead atoms. The average Bonchev–Trinajstić information content (AvgIpc) is 2.47. The molecule has 0 aliphatic heterocycles. The van der Waals surface area contributed by atoms with E-state index >= 15 is 0 Å². The summed E-state index contributed by atoms with van der Waals surface area (Å²) in [5.41, 5.74) is 7.36. The molecule has 4 nitrogen and oxygen atoms in total. The standard InChI is InChI=1S/C15H15N3O/c1-19-13-4-2-12(3-5-13)15(10-17)7-6-11(9-16)14(18)8-15/h2-5H,6-8,18H2,1H3. The third-order valence-electron chi connectivity index (χ3n) is 3.67. The lowest BCUT2D eigenvalue weighted by Crippen LogP contribution is -2.30. The van der Waals surface area contributed by atoms with Crippen molar-refractivity contribution in [2.45, 2.75) is 24.7 Å². The lowest BCUT2D eigenvalue weighted by atomic mass is 9.70. The predicted molar refractivity (Wildman–Crippen MR) is 71.0 cm³/mol. The van der Waals surface area contributed by atoms with Crippen LogP contribution in [0.15, 0.2) is 35.5 Å². The Morgan fingerprint density at radius 3 is 2.42 bits per heavy atom. The fraction of sp³-hybridized carbons (Fsp3) is 0.333. The maximum atomic E-state index is 9.56. The number of rotatable bonds is 2. The summed E-state index contributed by atoms with van der Waals surface area (Å²) >= 11 is 0. The van der Waals surface area contributed by atoms with Crippen molar-refractivity contribution in [1.82, 2.24) is 0 Å². The molecule has 1 unspecified atom stereocenters. The van der Waals surface area contributed by atoms with Gasteiger partial charge < -0.3 is 10.5 Å². The van der Waals surface area contributed by atoms with Crippen LogP contribution >= 0.6 is 0 Å². The molecule has 1 aliphatic carbocycles. The topological polar surface area (TPSA) is 82.8 Å². The van der Waals surface area contributed by atoms with E-state index in [0.717, 1.165) is 11.3 Å². The summed E-state index contributed by atoms with van der Waals surface area (Å²) < 4.78 is 5.12. The van der Waals surface area contributed by atoms with Crippen LogP contribution in [0.2, 0.25) is 0 Å². The molecule has 4 heteroatoms. The van der Waals surface area contributed by atoms with Gasteiger partial charge in [0.25, 0.3) is 0 Å². The predicted octanol–water partition coefficient (Wildman–Crippen LogP) is 2.38. The molecule has 0 amide bonds. The second kappa shape index (κ2) is 5.04. The van der Waals surface area contributed by atoms with Crippen molar-refractivity contribution in [1.29, 1.82) is 10.5 Å². The van der Waals surface area contributed by atoms with Crippen LogP contribution in [-0.2, 0) is 5.41 Å². The van der Waals surface area contributed by atoms with Crippen LogP contribution in [-0.4, -0.2) is 7.11 Å². The van der Waals surface area contributed by atoms with Crippen molar-refractivity contribution >= 4 is 0 Å². The molecule has 0 fully saturated rings. The van der Waals surface area contributed by atoms with E-state index < -0.39 is 5.41 Å². The number of methoxy groups -OCH3 is 1. The number of nitrogens with zero attached hydrogens (tertiary/aromatic N) is 2. The number of benzene rings is 1. The van der Waals surface area contributed by atoms with E-state index in [1.807, 2.05) is 24.3 Å². The number of nitrogens with two attached hydrogens (primary N) is 1. The number of allylic oxidation sites excluding steroid dienone is 2. The number of hydrogen-bond acceptors (Lipinski definition) is 4. The monoisotopic (exact) mass is 253 g/mol. The van der Waals surface area contributed by atoms with Gasteiger partial charge in [-0.25, -0.2) is 0 Å². The van der Waals surface area contributed by atoms with Crippen molar-refractivity contribution in [3.63, 3.8) is 0 Å². The zero-order valence-electron chi connectivity index (χ0n) is 10.8. The molecule has 2 N–H and O–H groups in total. The van der Waals surface area contributed by atoms with Gasteiger partial charge in [-0.2, -0.15) is 10.5 Å². The Hall–Kier alpha value is -2.46. The maximum Gasteiger partial charge on any atom is 0.118 e. The molecule has 1 aliphatic rings. The van der Waals surface area contributed by atoms with Crippen LogP contribution in [0.1, 0.15) is 24.8 Å². The zero-order valence-corrected chi connectivity index (χ0v) is 10.8. The van der Waals surface area contributed by atoms with Crippen LogP contribution in [0.3, 0.4) is 0 Å². The highest BCUT2D eigenvalue weighted by molar-refractivity contribution is 5.42. The summed E-state index contributed by atoms with van der Waals surface area (Å²) in [6, 6.07) is 12.0. The van der Waals surface area contributed by atoms with E-state index in [2.05, 4.69) is 12.1 Å². The summed E-state index contributed by atoms with van der Waals surface area (Å²) in [6.45, 7) is 0. The van der Waals surface area contributed by atoms with Gasteiger partial charge in [0.05, 0.1) is 24.7 Å². The van der Waals surface area contributed by atoms with E-state index in [1.54, 1.807) is 7.11 Å². The van der Waals surface area contributed by atoms with Gasteiger partial charge in [0.2, 0.25) is 0 Å². The minimum Gasteiger partial charge on any atom is -0.497 e. The molecule has 0 saturated carbocycles. The molecule has 1 aromatic rings. The van der Waals surface area contributed by atoms with Gasteiger partial charge in [-0.15, -0.1) is 0 Å². The summed E-state index contributed by atoms with van der Waals surface area (Å²) in [6.07, 6.45) is 1.60. The first-order chi connectivity index (χ1) is 9.15. The van der Waals surface area contributed by atoms with Crippen molar-refractivity contribution in [2.75, 3.05) is 7.11 Å². The highest BCUT2D eigenvalue weighted by atomic mass is 16.5. The van der Waals surface area contributed by atoms with Crippen molar-refractivity contribution < 1.29 is 4.74 Å². The van der Waals surface area contributed by atoms with E-state index in [4.69, 9.17) is 15.7 Å². The molecular weight excluding hydrogens is 238 g/mol. The van der Waals surface area contributed by atoms with E-state index in [0.29, 0.717) is 30.5 Å². The molecule has 0 aromatic heterocycles. The Morgan fingerprint density at radius 1 is 1.26 bits per heavy atom. The molecule has 1 aromatic carbocycles. The molecule has 96 valence electrons. The first kappa shape index (κ1) is 13.0. The van der Waals surface area contributed by atoms with Gasteiger partial charge >= 0.3 is 0 Å². The Labute approximate surface area is 112 Å². The third-order valence-corrected chi connectivity index (χ3v) is 3.67. The minimum absolute atomic E-state index is 0.415. The van der Waals surface area contributed by atoms with Crippen molar-refractivity contribution in [3.05, 3.63) is 41.1 Å². The molecule has 0 spiro atoms. The van der Waals surface area contributed by atoms with Gasteiger partial charge in [0.1, 0.15) is 5.75 Å². The van der Waals surface area contributed by atoms with E-state index in [1.165, 1.54) is 0 Å². The Balaban J connectivity index is 2.38. The fourth-order valence-corrected chi connectivity index (χ4v) is 2.46. The van der Waals surface area contributed by atoms with Crippen LogP contribution in [0.4, 0.5) is 0 Å². The van der Waals surface area contributed by atoms with Gasteiger partial charge in [-0.05, 0) is 30.5 Å². The van der Waals surface area contributed by atoms with Crippen LogP contribution in [0, 0.1) is 22.7 Å². The van der Waals surface area contributed by atoms with Gasteiger partial charge in [0, 0.05) is 17.7 Å². The summed E-state index contributed by atoms with van der Waals surface area (Å²) in [5, 5.41) is 18.5. The number of ether oxygens (including phenoxy) is 1. The Morgan fingerprint density at radius 2 is 1.95 bits per heavy atom. The highest BCUT2D eigenvalue weighted by Crippen LogP contribution is 2.40. The van der Waals surface area contributed by atoms with Gasteiger partial charge in [0.15, 0.2) is 0 Å². The maximum absolute atomic E-state index is 9.56. The lowest BCUT2D eigenvalue weighted by Gasteiger charge is -2.31. The molecular formula is C15H15N3O. The molecule has 0 saturated heterocycles. The summed E-state index contributed by atoms with van der Waals surface area (Å²) in [7, 11) is 1.61. The third kappa shape index (κ3) is 2.26. The number of nitriles is 2. The van der Waals surface area contributed by atoms with Crippen molar-refractivity contribution in [3.8, 4) is 17.9 Å². The Kier molecular flexibility index (Phi) is 3.44. The molecule has 0 radical (unpaired) electrons. The van der Waals surface area contributed by atoms with Crippen LogP contribution < -0.4 is 10.5 Å². The summed E-state index contributed by atoms with van der Waals surface area (Å²) in [4.78, 5) is 0. The summed E-state index contributed by atoms with van der Waals surface area (Å²) in [5.74, 6) is 0.758. The second-order valence-corrected chi connectivity index (χ2v) is 4.71. The lowest BCUT2D eigenvalue weighted by molar-refractivity contribution is 0.413. The molecule has 1 atom stereocenters. The first-order valence-corrected chi connectivity index (χ1v) is 6.08. The quantitative estimate of drug-likeness (QED) is 0.877. The van der Waals surface area contributed by atoms with Crippen molar-refractivity contribution in [2.24, 2.45) is 5.73 Å². The number of hydrogen-bond donors (Lipinski definition) is 1. The van der Waals surface area contributed by atoms with Gasteiger partial charge in [-0.1, -0.05) is 12.1 Å². The zero-order chi connectivity index (χ0) is 13.9. The van der Waals surface area contributed by atoms with E-state index in [-0.39, 0.29) is 0 Å². The second-order valence-electron chi connectivity index (χ2n) is 4.71. The van der Waals surface area contributed by atoms with Gasteiger partial charge in [-0.3, -0.25) is 0 Å². The largest absolute Gasteiger partial charge is 0.497 e. The first-order valence-electron chi connectivity index (χ1n) is 6.08. The minimum atomic E-state index is -0.628. The molecule has 2 rings (SSSR count). The normalized spacial score (nSPS) is 22.5. The average molecular weight is 253 g/mol. The molecule has 0 heterocycles.